The number of phenolic OH excluding ortho intramolecular Hbond substituents is 1. The number of hydrogen-bond donors (Lipinski definition) is 3. The minimum Gasteiger partial charge on any atom is -0.508 e. The van der Waals surface area contributed by atoms with Gasteiger partial charge >= 0.3 is 0 Å². The van der Waals surface area contributed by atoms with Crippen LogP contribution in [0, 0.1) is 11.8 Å². The van der Waals surface area contributed by atoms with Crippen molar-refractivity contribution in [1.82, 2.24) is 5.32 Å². The number of aromatic hydroxyl groups is 1. The topological polar surface area (TPSA) is 52.5 Å². The van der Waals surface area contributed by atoms with Crippen molar-refractivity contribution in [3.8, 4) is 5.75 Å². The quantitative estimate of drug-likeness (QED) is 0.529. The summed E-state index contributed by atoms with van der Waals surface area (Å²) in [7, 11) is 1.89. The average Bonchev–Trinajstić information content (AvgIpc) is 2.57. The van der Waals surface area contributed by atoms with Gasteiger partial charge in [-0.25, -0.2) is 0 Å². The van der Waals surface area contributed by atoms with Crippen LogP contribution in [-0.4, -0.2) is 29.4 Å². The van der Waals surface area contributed by atoms with Crippen LogP contribution in [-0.2, 0) is 6.42 Å². The Morgan fingerprint density at radius 2 is 1.83 bits per heavy atom. The van der Waals surface area contributed by atoms with Gasteiger partial charge in [-0.15, -0.1) is 0 Å². The molecule has 0 unspecified atom stereocenters. The molecule has 0 aliphatic heterocycles. The van der Waals surface area contributed by atoms with E-state index >= 15 is 0 Å². The van der Waals surface area contributed by atoms with Gasteiger partial charge in [-0.05, 0) is 62.3 Å². The zero-order valence-electron chi connectivity index (χ0n) is 15.7. The lowest BCUT2D eigenvalue weighted by molar-refractivity contribution is 0.122. The molecule has 0 heterocycles. The Labute approximate surface area is 147 Å². The summed E-state index contributed by atoms with van der Waals surface area (Å²) >= 11 is 0. The number of likely N-dealkylation sites (N-methyl/N-ethyl adjacent to an activating group) is 1. The largest absolute Gasteiger partial charge is 0.508 e. The number of phenols is 1. The van der Waals surface area contributed by atoms with Crippen LogP contribution in [0.15, 0.2) is 36.4 Å². The van der Waals surface area contributed by atoms with E-state index in [0.29, 0.717) is 5.92 Å². The first-order chi connectivity index (χ1) is 11.5. The van der Waals surface area contributed by atoms with Gasteiger partial charge in [0.25, 0.3) is 0 Å². The number of nitrogens with one attached hydrogen (secondary N) is 1. The molecule has 0 saturated heterocycles. The maximum atomic E-state index is 10.4. The zero-order valence-corrected chi connectivity index (χ0v) is 15.7. The van der Waals surface area contributed by atoms with Crippen LogP contribution in [0.25, 0.3) is 0 Å². The number of aliphatic hydroxyl groups excluding tert-OH is 1. The summed E-state index contributed by atoms with van der Waals surface area (Å²) in [5.74, 6) is 1.65. The first kappa shape index (κ1) is 20.7. The van der Waals surface area contributed by atoms with E-state index in [-0.39, 0.29) is 17.9 Å². The molecule has 0 aliphatic carbocycles. The smallest absolute Gasteiger partial charge is 0.115 e. The van der Waals surface area contributed by atoms with Crippen molar-refractivity contribution in [2.24, 2.45) is 11.8 Å². The molecule has 0 bridgehead atoms. The third-order valence-corrected chi connectivity index (χ3v) is 4.79. The van der Waals surface area contributed by atoms with Crippen LogP contribution in [0.3, 0.4) is 0 Å². The van der Waals surface area contributed by atoms with Crippen molar-refractivity contribution >= 4 is 0 Å². The monoisotopic (exact) mass is 333 g/mol. The Bertz CT molecular complexity index is 469. The number of rotatable bonds is 11. The maximum absolute atomic E-state index is 10.4. The Morgan fingerprint density at radius 3 is 2.42 bits per heavy atom. The van der Waals surface area contributed by atoms with E-state index in [1.165, 1.54) is 12.8 Å². The van der Waals surface area contributed by atoms with Crippen molar-refractivity contribution in [2.45, 2.75) is 65.0 Å². The summed E-state index contributed by atoms with van der Waals surface area (Å²) in [5.41, 5.74) is 1.11. The van der Waals surface area contributed by atoms with Crippen LogP contribution in [0.1, 0.15) is 52.0 Å². The first-order valence-electron chi connectivity index (χ1n) is 9.26. The second-order valence-electron chi connectivity index (χ2n) is 7.06. The van der Waals surface area contributed by atoms with Gasteiger partial charge in [-0.1, -0.05) is 51.5 Å². The second-order valence-corrected chi connectivity index (χ2v) is 7.06. The van der Waals surface area contributed by atoms with Crippen LogP contribution in [0.2, 0.25) is 0 Å². The first-order valence-corrected chi connectivity index (χ1v) is 9.26. The van der Waals surface area contributed by atoms with Crippen molar-refractivity contribution in [3.05, 3.63) is 42.0 Å². The lowest BCUT2D eigenvalue weighted by atomic mass is 9.94. The van der Waals surface area contributed by atoms with E-state index in [4.69, 9.17) is 0 Å². The number of aliphatic hydroxyl groups is 1. The zero-order chi connectivity index (χ0) is 17.9. The summed E-state index contributed by atoms with van der Waals surface area (Å²) in [6, 6.07) is 7.22. The SMILES string of the molecule is CC[C@@H](C)C[C@@H](C)/C=C/CC[C@H](O)[C@@H](Cc1ccc(O)cc1)NC. The summed E-state index contributed by atoms with van der Waals surface area (Å²) < 4.78 is 0. The van der Waals surface area contributed by atoms with Crippen molar-refractivity contribution in [3.63, 3.8) is 0 Å². The van der Waals surface area contributed by atoms with Crippen LogP contribution in [0.4, 0.5) is 0 Å². The lowest BCUT2D eigenvalue weighted by Crippen LogP contribution is -2.39. The fourth-order valence-electron chi connectivity index (χ4n) is 2.99. The molecule has 1 aromatic carbocycles. The van der Waals surface area contributed by atoms with Gasteiger partial charge in [0, 0.05) is 6.04 Å². The molecule has 3 nitrogen and oxygen atoms in total. The third-order valence-electron chi connectivity index (χ3n) is 4.79. The molecular weight excluding hydrogens is 298 g/mol. The third kappa shape index (κ3) is 7.98. The average molecular weight is 334 g/mol. The highest BCUT2D eigenvalue weighted by atomic mass is 16.3. The fraction of sp³-hybridized carbons (Fsp3) is 0.619. The highest BCUT2D eigenvalue weighted by Gasteiger charge is 2.17. The minimum absolute atomic E-state index is 0.0282. The normalized spacial score (nSPS) is 16.9. The van der Waals surface area contributed by atoms with Crippen LogP contribution >= 0.6 is 0 Å². The number of hydrogen-bond acceptors (Lipinski definition) is 3. The molecule has 0 amide bonds. The molecule has 0 saturated carbocycles. The van der Waals surface area contributed by atoms with Gasteiger partial charge in [-0.3, -0.25) is 0 Å². The van der Waals surface area contributed by atoms with E-state index in [0.717, 1.165) is 30.7 Å². The summed E-state index contributed by atoms with van der Waals surface area (Å²) in [4.78, 5) is 0. The van der Waals surface area contributed by atoms with Crippen molar-refractivity contribution < 1.29 is 10.2 Å². The molecule has 1 aromatic rings. The Hall–Kier alpha value is -1.32. The highest BCUT2D eigenvalue weighted by molar-refractivity contribution is 5.26. The molecule has 0 aliphatic rings. The second kappa shape index (κ2) is 11.3. The van der Waals surface area contributed by atoms with E-state index in [2.05, 4.69) is 38.2 Å². The van der Waals surface area contributed by atoms with Gasteiger partial charge in [0.05, 0.1) is 6.10 Å². The lowest BCUT2D eigenvalue weighted by Gasteiger charge is -2.22. The molecule has 136 valence electrons. The van der Waals surface area contributed by atoms with Gasteiger partial charge in [0.15, 0.2) is 0 Å². The molecule has 4 atom stereocenters. The van der Waals surface area contributed by atoms with E-state index in [1.807, 2.05) is 19.2 Å². The number of allylic oxidation sites excluding steroid dienone is 2. The molecule has 3 N–H and O–H groups in total. The Morgan fingerprint density at radius 1 is 1.17 bits per heavy atom. The molecule has 0 aromatic heterocycles. The van der Waals surface area contributed by atoms with Gasteiger partial charge < -0.3 is 15.5 Å². The summed E-state index contributed by atoms with van der Waals surface area (Å²) in [5, 5.41) is 23.0. The maximum Gasteiger partial charge on any atom is 0.115 e. The summed E-state index contributed by atoms with van der Waals surface area (Å²) in [6.45, 7) is 6.80. The van der Waals surface area contributed by atoms with E-state index in [1.54, 1.807) is 12.1 Å². The molecule has 0 fully saturated rings. The predicted octanol–water partition coefficient (Wildman–Crippen LogP) is 4.29. The summed E-state index contributed by atoms with van der Waals surface area (Å²) in [6.07, 6.45) is 9.00. The van der Waals surface area contributed by atoms with Crippen LogP contribution < -0.4 is 5.32 Å². The van der Waals surface area contributed by atoms with Gasteiger partial charge in [0.1, 0.15) is 5.75 Å². The molecular formula is C21H35NO2. The minimum atomic E-state index is -0.377. The predicted molar refractivity (Wildman–Crippen MR) is 102 cm³/mol. The molecule has 24 heavy (non-hydrogen) atoms. The number of benzene rings is 1. The van der Waals surface area contributed by atoms with Crippen LogP contribution in [0.5, 0.6) is 5.75 Å². The molecule has 0 spiro atoms. The van der Waals surface area contributed by atoms with Gasteiger partial charge in [0.2, 0.25) is 0 Å². The highest BCUT2D eigenvalue weighted by Crippen LogP contribution is 2.17. The van der Waals surface area contributed by atoms with E-state index in [9.17, 15) is 10.2 Å². The van der Waals surface area contributed by atoms with E-state index < -0.39 is 0 Å². The standard InChI is InChI=1S/C21H35NO2/c1-5-16(2)14-17(3)8-6-7-9-21(24)20(22-4)15-18-10-12-19(23)13-11-18/h6,8,10-13,16-17,20-24H,5,7,9,14-15H2,1-4H3/b8-6+/t16-,17+,20-,21+/m1/s1. The Kier molecular flexibility index (Phi) is 9.73. The molecule has 3 heteroatoms. The fourth-order valence-corrected chi connectivity index (χ4v) is 2.99. The van der Waals surface area contributed by atoms with Crippen molar-refractivity contribution in [2.75, 3.05) is 7.05 Å². The molecule has 1 rings (SSSR count). The Balaban J connectivity index is 2.38. The van der Waals surface area contributed by atoms with Crippen molar-refractivity contribution in [1.29, 1.82) is 0 Å². The van der Waals surface area contributed by atoms with Gasteiger partial charge in [-0.2, -0.15) is 0 Å². The molecule has 0 radical (unpaired) electrons.